The highest BCUT2D eigenvalue weighted by Crippen LogP contribution is 2.13. The molecule has 1 aromatic carbocycles. The minimum Gasteiger partial charge on any atom is -0.355 e. The number of rotatable bonds is 5. The van der Waals surface area contributed by atoms with Gasteiger partial charge in [-0.2, -0.15) is 0 Å². The maximum atomic E-state index is 12.1. The predicted molar refractivity (Wildman–Crippen MR) is 74.4 cm³/mol. The number of nitrogens with zero attached hydrogens (tertiary/aromatic N) is 1. The van der Waals surface area contributed by atoms with Gasteiger partial charge in [0.25, 0.3) is 0 Å². The molecular formula is C14H21N3O2. The number of amides is 2. The molecule has 3 N–H and O–H groups in total. The Morgan fingerprint density at radius 2 is 1.89 bits per heavy atom. The van der Waals surface area contributed by atoms with Gasteiger partial charge in [0.05, 0.1) is 6.54 Å². The van der Waals surface area contributed by atoms with Gasteiger partial charge in [0.2, 0.25) is 11.8 Å². The van der Waals surface area contributed by atoms with Crippen molar-refractivity contribution in [2.45, 2.75) is 19.9 Å². The van der Waals surface area contributed by atoms with Crippen LogP contribution in [0.15, 0.2) is 24.3 Å². The topological polar surface area (TPSA) is 75.4 Å². The van der Waals surface area contributed by atoms with Crippen LogP contribution in [0.4, 0.5) is 0 Å². The summed E-state index contributed by atoms with van der Waals surface area (Å²) in [6.07, 6.45) is 0. The lowest BCUT2D eigenvalue weighted by molar-refractivity contribution is -0.135. The minimum atomic E-state index is -0.736. The van der Waals surface area contributed by atoms with Gasteiger partial charge >= 0.3 is 0 Å². The van der Waals surface area contributed by atoms with E-state index in [1.54, 1.807) is 7.05 Å². The molecule has 0 spiro atoms. The second-order valence-corrected chi connectivity index (χ2v) is 4.54. The van der Waals surface area contributed by atoms with E-state index in [0.29, 0.717) is 6.54 Å². The van der Waals surface area contributed by atoms with Gasteiger partial charge in [-0.25, -0.2) is 0 Å². The lowest BCUT2D eigenvalue weighted by Gasteiger charge is -2.21. The smallest absolute Gasteiger partial charge is 0.244 e. The molecule has 19 heavy (non-hydrogen) atoms. The number of hydrogen-bond acceptors (Lipinski definition) is 3. The number of benzene rings is 1. The zero-order chi connectivity index (χ0) is 14.4. The molecule has 0 aliphatic carbocycles. The van der Waals surface area contributed by atoms with Crippen LogP contribution in [0.1, 0.15) is 24.1 Å². The Morgan fingerprint density at radius 3 is 2.42 bits per heavy atom. The van der Waals surface area contributed by atoms with Crippen molar-refractivity contribution in [2.75, 3.05) is 20.1 Å². The molecule has 0 heterocycles. The number of aryl methyl sites for hydroxylation is 1. The summed E-state index contributed by atoms with van der Waals surface area (Å²) < 4.78 is 0. The third kappa shape index (κ3) is 4.37. The molecule has 5 nitrogen and oxygen atoms in total. The van der Waals surface area contributed by atoms with Gasteiger partial charge < -0.3 is 16.0 Å². The van der Waals surface area contributed by atoms with Gasteiger partial charge in [0.15, 0.2) is 0 Å². The average molecular weight is 263 g/mol. The molecule has 0 saturated heterocycles. The lowest BCUT2D eigenvalue weighted by atomic mass is 10.0. The fourth-order valence-electron chi connectivity index (χ4n) is 1.70. The van der Waals surface area contributed by atoms with Crippen molar-refractivity contribution in [1.82, 2.24) is 10.2 Å². The van der Waals surface area contributed by atoms with Gasteiger partial charge in [-0.15, -0.1) is 0 Å². The third-order valence-electron chi connectivity index (χ3n) is 2.83. The second-order valence-electron chi connectivity index (χ2n) is 4.54. The molecule has 104 valence electrons. The first-order chi connectivity index (χ1) is 8.95. The molecule has 1 unspecified atom stereocenters. The molecule has 0 aromatic heterocycles. The van der Waals surface area contributed by atoms with Crippen molar-refractivity contribution in [3.05, 3.63) is 35.4 Å². The Bertz CT molecular complexity index is 443. The van der Waals surface area contributed by atoms with Gasteiger partial charge in [0, 0.05) is 13.6 Å². The van der Waals surface area contributed by atoms with Crippen molar-refractivity contribution in [3.63, 3.8) is 0 Å². The van der Waals surface area contributed by atoms with E-state index in [2.05, 4.69) is 5.32 Å². The normalized spacial score (nSPS) is 11.8. The number of nitrogens with one attached hydrogen (secondary N) is 1. The van der Waals surface area contributed by atoms with E-state index >= 15 is 0 Å². The molecule has 1 atom stereocenters. The molecular weight excluding hydrogens is 242 g/mol. The summed E-state index contributed by atoms with van der Waals surface area (Å²) in [4.78, 5) is 24.8. The number of likely N-dealkylation sites (N-methyl/N-ethyl adjacent to an activating group) is 2. The summed E-state index contributed by atoms with van der Waals surface area (Å²) in [5.41, 5.74) is 7.78. The molecule has 0 saturated carbocycles. The molecule has 1 aromatic rings. The first-order valence-electron chi connectivity index (χ1n) is 6.29. The fraction of sp³-hybridized carbons (Fsp3) is 0.429. The Labute approximate surface area is 113 Å². The molecule has 1 rings (SSSR count). The molecule has 0 radical (unpaired) electrons. The number of hydrogen-bond donors (Lipinski definition) is 2. The second kappa shape index (κ2) is 6.89. The van der Waals surface area contributed by atoms with E-state index in [1.807, 2.05) is 38.1 Å². The van der Waals surface area contributed by atoms with Crippen LogP contribution in [0.3, 0.4) is 0 Å². The maximum Gasteiger partial charge on any atom is 0.244 e. The lowest BCUT2D eigenvalue weighted by Crippen LogP contribution is -2.42. The SMILES string of the molecule is CCNC(=O)CN(C)C(=O)C(N)c1ccc(C)cc1. The number of carbonyl (C=O) groups excluding carboxylic acids is 2. The Morgan fingerprint density at radius 1 is 1.32 bits per heavy atom. The van der Waals surface area contributed by atoms with E-state index in [1.165, 1.54) is 4.90 Å². The maximum absolute atomic E-state index is 12.1. The molecule has 0 bridgehead atoms. The van der Waals surface area contributed by atoms with Crippen molar-refractivity contribution in [3.8, 4) is 0 Å². The van der Waals surface area contributed by atoms with Crippen LogP contribution >= 0.6 is 0 Å². The summed E-state index contributed by atoms with van der Waals surface area (Å²) in [6.45, 7) is 4.37. The minimum absolute atomic E-state index is 0.0201. The molecule has 2 amide bonds. The third-order valence-corrected chi connectivity index (χ3v) is 2.83. The van der Waals surface area contributed by atoms with Gasteiger partial charge in [-0.05, 0) is 19.4 Å². The summed E-state index contributed by atoms with van der Waals surface area (Å²) in [5, 5.41) is 2.64. The predicted octanol–water partition coefficient (Wildman–Crippen LogP) is 0.589. The van der Waals surface area contributed by atoms with E-state index in [0.717, 1.165) is 11.1 Å². The molecule has 5 heteroatoms. The molecule has 0 aliphatic rings. The average Bonchev–Trinajstić information content (AvgIpc) is 2.38. The van der Waals surface area contributed by atoms with E-state index in [-0.39, 0.29) is 18.4 Å². The van der Waals surface area contributed by atoms with Crippen molar-refractivity contribution in [2.24, 2.45) is 5.73 Å². The highest BCUT2D eigenvalue weighted by atomic mass is 16.2. The van der Waals surface area contributed by atoms with Crippen LogP contribution in [-0.4, -0.2) is 36.9 Å². The zero-order valence-electron chi connectivity index (χ0n) is 11.6. The van der Waals surface area contributed by atoms with Crippen molar-refractivity contribution in [1.29, 1.82) is 0 Å². The first kappa shape index (κ1) is 15.2. The molecule has 0 aliphatic heterocycles. The number of nitrogens with two attached hydrogens (primary N) is 1. The summed E-state index contributed by atoms with van der Waals surface area (Å²) in [7, 11) is 1.58. The summed E-state index contributed by atoms with van der Waals surface area (Å²) in [5.74, 6) is -0.454. The Balaban J connectivity index is 2.65. The van der Waals surface area contributed by atoms with E-state index < -0.39 is 6.04 Å². The van der Waals surface area contributed by atoms with Crippen LogP contribution in [0, 0.1) is 6.92 Å². The quantitative estimate of drug-likeness (QED) is 0.816. The zero-order valence-corrected chi connectivity index (χ0v) is 11.6. The Hall–Kier alpha value is -1.88. The van der Waals surface area contributed by atoms with E-state index in [4.69, 9.17) is 5.73 Å². The highest BCUT2D eigenvalue weighted by Gasteiger charge is 2.21. The van der Waals surface area contributed by atoms with Crippen molar-refractivity contribution < 1.29 is 9.59 Å². The fourth-order valence-corrected chi connectivity index (χ4v) is 1.70. The Kier molecular flexibility index (Phi) is 5.51. The first-order valence-corrected chi connectivity index (χ1v) is 6.29. The van der Waals surface area contributed by atoms with Gasteiger partial charge in [-0.3, -0.25) is 9.59 Å². The van der Waals surface area contributed by atoms with Crippen LogP contribution in [0.5, 0.6) is 0 Å². The summed E-state index contributed by atoms with van der Waals surface area (Å²) in [6, 6.07) is 6.74. The van der Waals surface area contributed by atoms with Gasteiger partial charge in [0.1, 0.15) is 6.04 Å². The highest BCUT2D eigenvalue weighted by molar-refractivity contribution is 5.87. The van der Waals surface area contributed by atoms with Gasteiger partial charge in [-0.1, -0.05) is 29.8 Å². The summed E-state index contributed by atoms with van der Waals surface area (Å²) >= 11 is 0. The molecule has 0 fully saturated rings. The van der Waals surface area contributed by atoms with Crippen LogP contribution in [0.25, 0.3) is 0 Å². The largest absolute Gasteiger partial charge is 0.355 e. The van der Waals surface area contributed by atoms with Crippen LogP contribution in [-0.2, 0) is 9.59 Å². The number of carbonyl (C=O) groups is 2. The van der Waals surface area contributed by atoms with Crippen LogP contribution in [0.2, 0.25) is 0 Å². The van der Waals surface area contributed by atoms with Crippen molar-refractivity contribution >= 4 is 11.8 Å². The standard InChI is InChI=1S/C14H21N3O2/c1-4-16-12(18)9-17(3)14(19)13(15)11-7-5-10(2)6-8-11/h5-8,13H,4,9,15H2,1-3H3,(H,16,18). The van der Waals surface area contributed by atoms with E-state index in [9.17, 15) is 9.59 Å². The monoisotopic (exact) mass is 263 g/mol. The van der Waals surface area contributed by atoms with Crippen LogP contribution < -0.4 is 11.1 Å².